The van der Waals surface area contributed by atoms with Crippen LogP contribution in [0.2, 0.25) is 0 Å². The van der Waals surface area contributed by atoms with E-state index in [1.54, 1.807) is 0 Å². The molecule has 1 fully saturated rings. The normalized spacial score (nSPS) is 18.9. The predicted octanol–water partition coefficient (Wildman–Crippen LogP) is 2.09. The molecule has 0 saturated carbocycles. The van der Waals surface area contributed by atoms with Crippen LogP contribution in [0.5, 0.6) is 0 Å². The first kappa shape index (κ1) is 12.3. The number of nitrogens with one attached hydrogen (secondary N) is 1. The van der Waals surface area contributed by atoms with E-state index in [0.717, 1.165) is 42.4 Å². The summed E-state index contributed by atoms with van der Waals surface area (Å²) in [6.45, 7) is 6.02. The molecule has 1 atom stereocenters. The Morgan fingerprint density at radius 1 is 1.42 bits per heavy atom. The minimum Gasteiger partial charge on any atom is -0.307 e. The zero-order chi connectivity index (χ0) is 13.2. The van der Waals surface area contributed by atoms with Crippen LogP contribution in [0.3, 0.4) is 0 Å². The Kier molecular flexibility index (Phi) is 3.29. The van der Waals surface area contributed by atoms with E-state index in [9.17, 15) is 0 Å². The van der Waals surface area contributed by atoms with E-state index in [1.165, 1.54) is 6.42 Å². The summed E-state index contributed by atoms with van der Waals surface area (Å²) < 4.78 is 1.97. The van der Waals surface area contributed by atoms with Crippen molar-refractivity contribution in [3.8, 4) is 11.4 Å². The highest BCUT2D eigenvalue weighted by Gasteiger charge is 2.20. The number of rotatable bonds is 3. The van der Waals surface area contributed by atoms with E-state index in [0.29, 0.717) is 6.04 Å². The largest absolute Gasteiger partial charge is 0.307 e. The van der Waals surface area contributed by atoms with Gasteiger partial charge in [0.2, 0.25) is 0 Å². The summed E-state index contributed by atoms with van der Waals surface area (Å²) in [6.07, 6.45) is 4.14. The standard InChI is InChI=1S/C14H19N5/c1-3-19-13(6-8-16-19)12-9-10(2)17-14(18-12)11-5-4-7-15-11/h6,8-9,11,15H,3-5,7H2,1-2H3/t11-/m0/s1. The zero-order valence-corrected chi connectivity index (χ0v) is 11.4. The molecular weight excluding hydrogens is 238 g/mol. The van der Waals surface area contributed by atoms with E-state index in [4.69, 9.17) is 4.98 Å². The van der Waals surface area contributed by atoms with Gasteiger partial charge in [-0.3, -0.25) is 4.68 Å². The topological polar surface area (TPSA) is 55.6 Å². The van der Waals surface area contributed by atoms with Crippen LogP contribution in [-0.2, 0) is 6.54 Å². The van der Waals surface area contributed by atoms with Gasteiger partial charge in [-0.15, -0.1) is 0 Å². The fraction of sp³-hybridized carbons (Fsp3) is 0.500. The van der Waals surface area contributed by atoms with Crippen molar-refractivity contribution in [1.29, 1.82) is 0 Å². The third-order valence-electron chi connectivity index (χ3n) is 3.52. The lowest BCUT2D eigenvalue weighted by Gasteiger charge is -2.12. The zero-order valence-electron chi connectivity index (χ0n) is 11.4. The Labute approximate surface area is 113 Å². The molecule has 0 unspecified atom stereocenters. The van der Waals surface area contributed by atoms with E-state index < -0.39 is 0 Å². The van der Waals surface area contributed by atoms with Gasteiger partial charge in [0.1, 0.15) is 5.82 Å². The lowest BCUT2D eigenvalue weighted by molar-refractivity contribution is 0.601. The Hall–Kier alpha value is -1.75. The molecule has 0 aromatic carbocycles. The fourth-order valence-electron chi connectivity index (χ4n) is 2.59. The first-order chi connectivity index (χ1) is 9.28. The number of hydrogen-bond acceptors (Lipinski definition) is 4. The van der Waals surface area contributed by atoms with E-state index in [2.05, 4.69) is 22.3 Å². The van der Waals surface area contributed by atoms with Gasteiger partial charge in [-0.25, -0.2) is 9.97 Å². The molecule has 0 spiro atoms. The van der Waals surface area contributed by atoms with Crippen molar-refractivity contribution in [2.45, 2.75) is 39.3 Å². The van der Waals surface area contributed by atoms with Gasteiger partial charge in [-0.2, -0.15) is 5.10 Å². The van der Waals surface area contributed by atoms with Gasteiger partial charge in [0.25, 0.3) is 0 Å². The van der Waals surface area contributed by atoms with Gasteiger partial charge in [-0.1, -0.05) is 0 Å². The number of nitrogens with zero attached hydrogens (tertiary/aromatic N) is 4. The minimum absolute atomic E-state index is 0.302. The average Bonchev–Trinajstić information content (AvgIpc) is 3.09. The summed E-state index contributed by atoms with van der Waals surface area (Å²) in [5, 5.41) is 7.76. The van der Waals surface area contributed by atoms with E-state index in [1.807, 2.05) is 29.9 Å². The SMILES string of the molecule is CCn1nccc1-c1cc(C)nc([C@@H]2CCCN2)n1. The van der Waals surface area contributed by atoms with Crippen molar-refractivity contribution in [3.63, 3.8) is 0 Å². The molecule has 1 N–H and O–H groups in total. The quantitative estimate of drug-likeness (QED) is 0.914. The van der Waals surface area contributed by atoms with Gasteiger partial charge in [-0.05, 0) is 45.4 Å². The summed E-state index contributed by atoms with van der Waals surface area (Å²) in [5.41, 5.74) is 3.04. The smallest absolute Gasteiger partial charge is 0.146 e. The molecule has 1 aliphatic heterocycles. The van der Waals surface area contributed by atoms with Gasteiger partial charge in [0.15, 0.2) is 0 Å². The molecule has 100 valence electrons. The van der Waals surface area contributed by atoms with Gasteiger partial charge < -0.3 is 5.32 Å². The van der Waals surface area contributed by atoms with Crippen LogP contribution in [0.25, 0.3) is 11.4 Å². The highest BCUT2D eigenvalue weighted by Crippen LogP contribution is 2.23. The minimum atomic E-state index is 0.302. The summed E-state index contributed by atoms with van der Waals surface area (Å²) in [4.78, 5) is 9.31. The van der Waals surface area contributed by atoms with E-state index >= 15 is 0 Å². The molecule has 1 saturated heterocycles. The molecule has 3 rings (SSSR count). The van der Waals surface area contributed by atoms with Crippen molar-refractivity contribution < 1.29 is 0 Å². The Morgan fingerprint density at radius 3 is 3.05 bits per heavy atom. The predicted molar refractivity (Wildman–Crippen MR) is 73.6 cm³/mol. The molecule has 0 amide bonds. The van der Waals surface area contributed by atoms with Crippen LogP contribution >= 0.6 is 0 Å². The molecule has 2 aromatic heterocycles. The van der Waals surface area contributed by atoms with Gasteiger partial charge >= 0.3 is 0 Å². The Balaban J connectivity index is 2.02. The first-order valence-electron chi connectivity index (χ1n) is 6.89. The lowest BCUT2D eigenvalue weighted by Crippen LogP contribution is -2.17. The van der Waals surface area contributed by atoms with Crippen LogP contribution in [-0.4, -0.2) is 26.3 Å². The third-order valence-corrected chi connectivity index (χ3v) is 3.52. The van der Waals surface area contributed by atoms with Crippen LogP contribution in [0.4, 0.5) is 0 Å². The number of aromatic nitrogens is 4. The average molecular weight is 257 g/mol. The molecule has 2 aromatic rings. The molecule has 5 heteroatoms. The van der Waals surface area contributed by atoms with Crippen molar-refractivity contribution in [2.24, 2.45) is 0 Å². The van der Waals surface area contributed by atoms with Crippen molar-refractivity contribution in [1.82, 2.24) is 25.1 Å². The second kappa shape index (κ2) is 5.09. The maximum absolute atomic E-state index is 4.73. The van der Waals surface area contributed by atoms with Crippen LogP contribution in [0.15, 0.2) is 18.3 Å². The van der Waals surface area contributed by atoms with Crippen LogP contribution < -0.4 is 5.32 Å². The first-order valence-corrected chi connectivity index (χ1v) is 6.89. The molecule has 0 radical (unpaired) electrons. The van der Waals surface area contributed by atoms with Gasteiger partial charge in [0, 0.05) is 18.4 Å². The number of hydrogen-bond donors (Lipinski definition) is 1. The molecule has 0 aliphatic carbocycles. The molecule has 0 bridgehead atoms. The van der Waals surface area contributed by atoms with Crippen molar-refractivity contribution >= 4 is 0 Å². The third kappa shape index (κ3) is 2.38. The highest BCUT2D eigenvalue weighted by molar-refractivity contribution is 5.54. The Bertz CT molecular complexity index is 569. The maximum atomic E-state index is 4.73. The molecule has 3 heterocycles. The Morgan fingerprint density at radius 2 is 2.32 bits per heavy atom. The van der Waals surface area contributed by atoms with Crippen LogP contribution in [0.1, 0.15) is 37.3 Å². The second-order valence-electron chi connectivity index (χ2n) is 4.93. The number of aryl methyl sites for hydroxylation is 2. The second-order valence-corrected chi connectivity index (χ2v) is 4.93. The van der Waals surface area contributed by atoms with Crippen molar-refractivity contribution in [3.05, 3.63) is 29.8 Å². The maximum Gasteiger partial charge on any atom is 0.146 e. The molecular formula is C14H19N5. The van der Waals surface area contributed by atoms with Gasteiger partial charge in [0.05, 0.1) is 17.4 Å². The summed E-state index contributed by atoms with van der Waals surface area (Å²) >= 11 is 0. The lowest BCUT2D eigenvalue weighted by atomic mass is 10.2. The fourth-order valence-corrected chi connectivity index (χ4v) is 2.59. The highest BCUT2D eigenvalue weighted by atomic mass is 15.3. The van der Waals surface area contributed by atoms with Crippen LogP contribution in [0, 0.1) is 6.92 Å². The van der Waals surface area contributed by atoms with E-state index in [-0.39, 0.29) is 0 Å². The summed E-state index contributed by atoms with van der Waals surface area (Å²) in [5.74, 6) is 0.913. The van der Waals surface area contributed by atoms with Crippen molar-refractivity contribution in [2.75, 3.05) is 6.54 Å². The monoisotopic (exact) mass is 257 g/mol. The summed E-state index contributed by atoms with van der Waals surface area (Å²) in [7, 11) is 0. The molecule has 1 aliphatic rings. The molecule has 19 heavy (non-hydrogen) atoms. The molecule has 5 nitrogen and oxygen atoms in total. The summed E-state index contributed by atoms with van der Waals surface area (Å²) in [6, 6.07) is 4.34.